The lowest BCUT2D eigenvalue weighted by atomic mass is 10.2. The van der Waals surface area contributed by atoms with E-state index in [1.165, 1.54) is 11.1 Å². The van der Waals surface area contributed by atoms with Gasteiger partial charge in [0, 0.05) is 10.9 Å². The van der Waals surface area contributed by atoms with E-state index in [1.54, 1.807) is 17.4 Å². The first kappa shape index (κ1) is 13.4. The summed E-state index contributed by atoms with van der Waals surface area (Å²) >= 11 is 7.68. The SMILES string of the molecule is Nc1cnc(Cl)c(C(=O)N(Cc2cccs2)C2CC2)c1. The highest BCUT2D eigenvalue weighted by atomic mass is 35.5. The van der Waals surface area contributed by atoms with Gasteiger partial charge >= 0.3 is 0 Å². The minimum atomic E-state index is -0.0919. The predicted octanol–water partition coefficient (Wildman–Crippen LogP) is 3.18. The van der Waals surface area contributed by atoms with Crippen molar-refractivity contribution in [2.75, 3.05) is 5.73 Å². The Kier molecular flexibility index (Phi) is 3.63. The number of nitrogen functional groups attached to an aromatic ring is 1. The van der Waals surface area contributed by atoms with Gasteiger partial charge in [-0.25, -0.2) is 4.98 Å². The van der Waals surface area contributed by atoms with E-state index in [2.05, 4.69) is 4.98 Å². The van der Waals surface area contributed by atoms with Crippen molar-refractivity contribution in [3.63, 3.8) is 0 Å². The number of hydrogen-bond donors (Lipinski definition) is 1. The van der Waals surface area contributed by atoms with Crippen molar-refractivity contribution in [1.82, 2.24) is 9.88 Å². The Labute approximate surface area is 126 Å². The van der Waals surface area contributed by atoms with Gasteiger partial charge in [0.2, 0.25) is 0 Å². The summed E-state index contributed by atoms with van der Waals surface area (Å²) in [6, 6.07) is 5.93. The monoisotopic (exact) mass is 307 g/mol. The first-order valence-corrected chi connectivity index (χ1v) is 7.65. The normalized spacial score (nSPS) is 14.2. The van der Waals surface area contributed by atoms with Gasteiger partial charge in [-0.2, -0.15) is 0 Å². The summed E-state index contributed by atoms with van der Waals surface area (Å²) in [5, 5.41) is 2.22. The van der Waals surface area contributed by atoms with Crippen LogP contribution in [-0.4, -0.2) is 21.8 Å². The van der Waals surface area contributed by atoms with Crippen LogP contribution in [0.15, 0.2) is 29.8 Å². The second-order valence-electron chi connectivity index (χ2n) is 4.85. The number of halogens is 1. The number of nitrogens with zero attached hydrogens (tertiary/aromatic N) is 2. The van der Waals surface area contributed by atoms with Gasteiger partial charge in [-0.05, 0) is 30.4 Å². The molecule has 2 aromatic rings. The van der Waals surface area contributed by atoms with Crippen molar-refractivity contribution in [2.45, 2.75) is 25.4 Å². The van der Waals surface area contributed by atoms with Crippen molar-refractivity contribution in [1.29, 1.82) is 0 Å². The minimum absolute atomic E-state index is 0.0919. The number of carbonyl (C=O) groups excluding carboxylic acids is 1. The van der Waals surface area contributed by atoms with Crippen LogP contribution in [-0.2, 0) is 6.54 Å². The Hall–Kier alpha value is -1.59. The number of amides is 1. The van der Waals surface area contributed by atoms with E-state index in [4.69, 9.17) is 17.3 Å². The zero-order valence-electron chi connectivity index (χ0n) is 10.8. The average molecular weight is 308 g/mol. The first-order chi connectivity index (χ1) is 9.65. The van der Waals surface area contributed by atoms with E-state index in [-0.39, 0.29) is 11.1 Å². The zero-order valence-corrected chi connectivity index (χ0v) is 12.3. The topological polar surface area (TPSA) is 59.2 Å². The van der Waals surface area contributed by atoms with Crippen LogP contribution < -0.4 is 5.73 Å². The second kappa shape index (κ2) is 5.42. The molecule has 20 heavy (non-hydrogen) atoms. The van der Waals surface area contributed by atoms with Crippen LogP contribution in [0.3, 0.4) is 0 Å². The molecule has 104 valence electrons. The van der Waals surface area contributed by atoms with Crippen LogP contribution in [0.5, 0.6) is 0 Å². The molecule has 2 aromatic heterocycles. The third kappa shape index (κ3) is 2.78. The standard InChI is InChI=1S/C14H14ClN3OS/c15-13-12(6-9(16)7-17-13)14(19)18(10-3-4-10)8-11-2-1-5-20-11/h1-2,5-7,10H,3-4,8,16H2. The quantitative estimate of drug-likeness (QED) is 0.883. The lowest BCUT2D eigenvalue weighted by molar-refractivity contribution is 0.0731. The molecule has 0 unspecified atom stereocenters. The zero-order chi connectivity index (χ0) is 14.1. The Morgan fingerprint density at radius 1 is 1.55 bits per heavy atom. The molecule has 3 rings (SSSR count). The minimum Gasteiger partial charge on any atom is -0.397 e. The molecule has 0 atom stereocenters. The number of hydrogen-bond acceptors (Lipinski definition) is 4. The van der Waals surface area contributed by atoms with Crippen molar-refractivity contribution < 1.29 is 4.79 Å². The summed E-state index contributed by atoms with van der Waals surface area (Å²) in [5.41, 5.74) is 6.54. The van der Waals surface area contributed by atoms with Crippen LogP contribution in [0.4, 0.5) is 5.69 Å². The van der Waals surface area contributed by atoms with Gasteiger partial charge in [0.25, 0.3) is 5.91 Å². The molecule has 2 N–H and O–H groups in total. The summed E-state index contributed by atoms with van der Waals surface area (Å²) in [7, 11) is 0. The number of nitrogens with two attached hydrogens (primary N) is 1. The van der Waals surface area contributed by atoms with Crippen LogP contribution in [0.1, 0.15) is 28.1 Å². The summed E-state index contributed by atoms with van der Waals surface area (Å²) in [5.74, 6) is -0.0919. The highest BCUT2D eigenvalue weighted by molar-refractivity contribution is 7.09. The van der Waals surface area contributed by atoms with Gasteiger partial charge in [-0.15, -0.1) is 11.3 Å². The highest BCUT2D eigenvalue weighted by Crippen LogP contribution is 2.31. The molecule has 0 saturated heterocycles. The average Bonchev–Trinajstić information content (AvgIpc) is 3.15. The molecule has 0 bridgehead atoms. The molecule has 1 aliphatic carbocycles. The Morgan fingerprint density at radius 2 is 2.35 bits per heavy atom. The van der Waals surface area contributed by atoms with E-state index >= 15 is 0 Å². The summed E-state index contributed by atoms with van der Waals surface area (Å²) in [6.45, 7) is 0.617. The van der Waals surface area contributed by atoms with Crippen LogP contribution in [0, 0.1) is 0 Å². The van der Waals surface area contributed by atoms with Gasteiger partial charge in [0.05, 0.1) is 24.0 Å². The van der Waals surface area contributed by atoms with Crippen LogP contribution in [0.25, 0.3) is 0 Å². The Morgan fingerprint density at radius 3 is 3.00 bits per heavy atom. The molecule has 6 heteroatoms. The van der Waals surface area contributed by atoms with Crippen molar-refractivity contribution in [2.24, 2.45) is 0 Å². The van der Waals surface area contributed by atoms with Crippen molar-refractivity contribution in [3.8, 4) is 0 Å². The smallest absolute Gasteiger partial charge is 0.257 e. The van der Waals surface area contributed by atoms with Gasteiger partial charge in [-0.3, -0.25) is 4.79 Å². The van der Waals surface area contributed by atoms with Gasteiger partial charge in [-0.1, -0.05) is 17.7 Å². The maximum atomic E-state index is 12.7. The highest BCUT2D eigenvalue weighted by Gasteiger charge is 2.34. The lowest BCUT2D eigenvalue weighted by Gasteiger charge is -2.22. The summed E-state index contributed by atoms with van der Waals surface area (Å²) in [6.07, 6.45) is 3.55. The van der Waals surface area contributed by atoms with Gasteiger partial charge in [0.1, 0.15) is 5.15 Å². The number of pyridine rings is 1. The molecule has 0 aromatic carbocycles. The van der Waals surface area contributed by atoms with E-state index in [0.717, 1.165) is 12.8 Å². The molecule has 0 aliphatic heterocycles. The molecule has 1 fully saturated rings. The van der Waals surface area contributed by atoms with Crippen LogP contribution in [0.2, 0.25) is 5.15 Å². The van der Waals surface area contributed by atoms with Gasteiger partial charge < -0.3 is 10.6 Å². The van der Waals surface area contributed by atoms with Crippen LogP contribution >= 0.6 is 22.9 Å². The molecule has 1 amide bonds. The Balaban J connectivity index is 1.87. The molecule has 4 nitrogen and oxygen atoms in total. The largest absolute Gasteiger partial charge is 0.397 e. The lowest BCUT2D eigenvalue weighted by Crippen LogP contribution is -2.32. The molecule has 2 heterocycles. The summed E-state index contributed by atoms with van der Waals surface area (Å²) < 4.78 is 0. The number of carbonyl (C=O) groups is 1. The van der Waals surface area contributed by atoms with Gasteiger partial charge in [0.15, 0.2) is 0 Å². The fourth-order valence-electron chi connectivity index (χ4n) is 2.09. The fourth-order valence-corrected chi connectivity index (χ4v) is 2.98. The maximum Gasteiger partial charge on any atom is 0.257 e. The number of rotatable bonds is 4. The van der Waals surface area contributed by atoms with Crippen molar-refractivity contribution >= 4 is 34.5 Å². The predicted molar refractivity (Wildman–Crippen MR) is 80.9 cm³/mol. The molecular formula is C14H14ClN3OS. The Bertz CT molecular complexity index is 625. The summed E-state index contributed by atoms with van der Waals surface area (Å²) in [4.78, 5) is 19.7. The molecular weight excluding hydrogens is 294 g/mol. The number of anilines is 1. The number of thiophene rings is 1. The second-order valence-corrected chi connectivity index (χ2v) is 6.24. The first-order valence-electron chi connectivity index (χ1n) is 6.39. The third-order valence-electron chi connectivity index (χ3n) is 3.25. The van der Waals surface area contributed by atoms with E-state index in [9.17, 15) is 4.79 Å². The maximum absolute atomic E-state index is 12.7. The third-order valence-corrected chi connectivity index (χ3v) is 4.41. The van der Waals surface area contributed by atoms with E-state index in [1.807, 2.05) is 22.4 Å². The van der Waals surface area contributed by atoms with E-state index in [0.29, 0.717) is 23.8 Å². The fraction of sp³-hybridized carbons (Fsp3) is 0.286. The molecule has 0 spiro atoms. The molecule has 1 saturated carbocycles. The van der Waals surface area contributed by atoms with Crippen molar-refractivity contribution in [3.05, 3.63) is 45.4 Å². The van der Waals surface area contributed by atoms with E-state index < -0.39 is 0 Å². The molecule has 0 radical (unpaired) electrons. The molecule has 1 aliphatic rings. The number of aromatic nitrogens is 1.